The number of carboxylic acids is 1. The van der Waals surface area contributed by atoms with Crippen molar-refractivity contribution in [3.63, 3.8) is 0 Å². The summed E-state index contributed by atoms with van der Waals surface area (Å²) in [7, 11) is 0. The molecule has 0 amide bonds. The Kier molecular flexibility index (Phi) is 6.10. The van der Waals surface area contributed by atoms with Crippen molar-refractivity contribution in [2.75, 3.05) is 36.0 Å². The molecular formula is C32H32GeN2O7. The zero-order valence-electron chi connectivity index (χ0n) is 23.5. The van der Waals surface area contributed by atoms with Gasteiger partial charge in [0.05, 0.1) is 0 Å². The van der Waals surface area contributed by atoms with Crippen LogP contribution in [0.1, 0.15) is 50.2 Å². The Balaban J connectivity index is 1.44. The number of Topliss-reactive ketones (excluding diaryl/α,β-unsaturated/α-hetero) is 1. The Labute approximate surface area is 245 Å². The Morgan fingerprint density at radius 1 is 0.833 bits per heavy atom. The van der Waals surface area contributed by atoms with Crippen LogP contribution in [0.5, 0.6) is 0 Å². The Hall–Kier alpha value is -3.67. The number of rotatable bonds is 6. The molecule has 1 spiro atoms. The van der Waals surface area contributed by atoms with Crippen LogP contribution < -0.4 is 18.6 Å². The number of carboxylic acid groups (broad SMARTS) is 1. The summed E-state index contributed by atoms with van der Waals surface area (Å²) in [4.78, 5) is 42.0. The number of aliphatic hydroxyl groups excluding tert-OH is 2. The number of aliphatic carboxylic acids is 1. The van der Waals surface area contributed by atoms with Crippen LogP contribution in [0.15, 0.2) is 54.6 Å². The standard InChI is InChI=1S/C32H32GeN2O7/c1-33(2)27-12-19(34-14-21(36)15-34)4-7-24(27)32(25-8-5-20(13-28(25)33)35-16-22(37)17-35)26-11-18(29(38)9-10-30(39)40)3-6-23(26)31(41)42-32/h3-8,11-13,21-22,36-37H,9-10,14-17H2,1-2H3,(H,39,40). The fraction of sp³-hybridized carbons (Fsp3) is 0.344. The van der Waals surface area contributed by atoms with E-state index in [1.807, 2.05) is 24.3 Å². The average Bonchev–Trinajstić information content (AvgIpc) is 3.23. The van der Waals surface area contributed by atoms with Crippen molar-refractivity contribution < 1.29 is 34.4 Å². The van der Waals surface area contributed by atoms with Crippen LogP contribution in [0.3, 0.4) is 0 Å². The van der Waals surface area contributed by atoms with Crippen LogP contribution in [0.2, 0.25) is 11.5 Å². The number of hydrogen-bond acceptors (Lipinski definition) is 8. The van der Waals surface area contributed by atoms with Gasteiger partial charge in [0.2, 0.25) is 0 Å². The number of carbonyl (C=O) groups is 3. The number of nitrogens with zero attached hydrogens (tertiary/aromatic N) is 2. The first-order valence-corrected chi connectivity index (χ1v) is 20.6. The molecule has 2 fully saturated rings. The van der Waals surface area contributed by atoms with Gasteiger partial charge in [-0.2, -0.15) is 0 Å². The Morgan fingerprint density at radius 3 is 1.88 bits per heavy atom. The first-order chi connectivity index (χ1) is 20.0. The van der Waals surface area contributed by atoms with Gasteiger partial charge in [-0.25, -0.2) is 0 Å². The quantitative estimate of drug-likeness (QED) is 0.212. The molecule has 3 aromatic carbocycles. The molecule has 4 aliphatic heterocycles. The van der Waals surface area contributed by atoms with E-state index in [-0.39, 0.29) is 30.8 Å². The van der Waals surface area contributed by atoms with Crippen LogP contribution >= 0.6 is 0 Å². The Morgan fingerprint density at radius 2 is 1.38 bits per heavy atom. The molecule has 216 valence electrons. The van der Waals surface area contributed by atoms with Gasteiger partial charge in [0.1, 0.15) is 0 Å². The second-order valence-corrected chi connectivity index (χ2v) is 21.4. The summed E-state index contributed by atoms with van der Waals surface area (Å²) >= 11 is -3.06. The van der Waals surface area contributed by atoms with E-state index < -0.39 is 30.8 Å². The first-order valence-electron chi connectivity index (χ1n) is 14.3. The van der Waals surface area contributed by atoms with Crippen molar-refractivity contribution in [2.45, 2.75) is 42.2 Å². The molecule has 10 heteroatoms. The number of benzene rings is 3. The number of ketones is 1. The van der Waals surface area contributed by atoms with Gasteiger partial charge in [0.15, 0.2) is 0 Å². The number of carbonyl (C=O) groups excluding carboxylic acids is 2. The van der Waals surface area contributed by atoms with Gasteiger partial charge in [-0.3, -0.25) is 0 Å². The van der Waals surface area contributed by atoms with Crippen LogP contribution in [0.4, 0.5) is 11.4 Å². The predicted molar refractivity (Wildman–Crippen MR) is 159 cm³/mol. The van der Waals surface area contributed by atoms with Crippen molar-refractivity contribution in [3.8, 4) is 0 Å². The van der Waals surface area contributed by atoms with Gasteiger partial charge in [-0.15, -0.1) is 0 Å². The van der Waals surface area contributed by atoms with E-state index in [0.29, 0.717) is 42.9 Å². The van der Waals surface area contributed by atoms with Crippen molar-refractivity contribution in [3.05, 3.63) is 82.4 Å². The van der Waals surface area contributed by atoms with E-state index in [9.17, 15) is 24.6 Å². The van der Waals surface area contributed by atoms with Crippen LogP contribution in [-0.2, 0) is 15.1 Å². The first kappa shape index (κ1) is 27.2. The summed E-state index contributed by atoms with van der Waals surface area (Å²) in [5.41, 5.74) is 3.87. The van der Waals surface area contributed by atoms with Crippen molar-refractivity contribution in [2.24, 2.45) is 0 Å². The number of aliphatic hydroxyl groups is 2. The molecule has 0 bridgehead atoms. The van der Waals surface area contributed by atoms with Crippen molar-refractivity contribution >= 4 is 51.2 Å². The van der Waals surface area contributed by atoms with Crippen LogP contribution in [0.25, 0.3) is 0 Å². The molecule has 0 aromatic heterocycles. The molecule has 0 unspecified atom stereocenters. The fourth-order valence-electron chi connectivity index (χ4n) is 6.93. The molecule has 9 nitrogen and oxygen atoms in total. The third kappa shape index (κ3) is 3.94. The summed E-state index contributed by atoms with van der Waals surface area (Å²) in [6.45, 7) is 2.26. The number of anilines is 2. The van der Waals surface area contributed by atoms with Gasteiger partial charge in [0.25, 0.3) is 0 Å². The molecule has 0 aliphatic carbocycles. The number of ether oxygens (including phenoxy) is 1. The zero-order chi connectivity index (χ0) is 29.6. The number of hydrogen-bond donors (Lipinski definition) is 3. The van der Waals surface area contributed by atoms with Gasteiger partial charge in [-0.05, 0) is 0 Å². The summed E-state index contributed by atoms with van der Waals surface area (Å²) in [6.07, 6.45) is -1.11. The van der Waals surface area contributed by atoms with Crippen LogP contribution in [-0.4, -0.2) is 84.7 Å². The van der Waals surface area contributed by atoms with Gasteiger partial charge >= 0.3 is 246 Å². The minimum atomic E-state index is -3.06. The molecule has 0 atom stereocenters. The van der Waals surface area contributed by atoms with E-state index in [2.05, 4.69) is 33.4 Å². The molecule has 2 saturated heterocycles. The maximum absolute atomic E-state index is 13.5. The van der Waals surface area contributed by atoms with Crippen LogP contribution in [0, 0.1) is 0 Å². The number of β-amino-alcohol motifs (C(OH)–C–C–N with tert-alkyl or cyclic N) is 2. The molecule has 42 heavy (non-hydrogen) atoms. The zero-order valence-corrected chi connectivity index (χ0v) is 25.6. The molecule has 0 saturated carbocycles. The maximum atomic E-state index is 13.5. The third-order valence-corrected chi connectivity index (χ3v) is 16.7. The molecule has 4 aliphatic rings. The fourth-order valence-corrected chi connectivity index (χ4v) is 13.6. The molecule has 4 heterocycles. The van der Waals surface area contributed by atoms with Crippen molar-refractivity contribution in [1.29, 1.82) is 0 Å². The predicted octanol–water partition coefficient (Wildman–Crippen LogP) is 1.69. The van der Waals surface area contributed by atoms with E-state index >= 15 is 0 Å². The summed E-state index contributed by atoms with van der Waals surface area (Å²) in [5.74, 6) is 2.85. The molecule has 7 rings (SSSR count). The average molecular weight is 629 g/mol. The van der Waals surface area contributed by atoms with Crippen molar-refractivity contribution in [1.82, 2.24) is 0 Å². The van der Waals surface area contributed by atoms with E-state index in [1.165, 1.54) is 0 Å². The molecular weight excluding hydrogens is 597 g/mol. The molecule has 3 N–H and O–H groups in total. The van der Waals surface area contributed by atoms with E-state index in [0.717, 1.165) is 31.3 Å². The van der Waals surface area contributed by atoms with Gasteiger partial charge < -0.3 is 0 Å². The topological polar surface area (TPSA) is 128 Å². The minimum absolute atomic E-state index is 0.137. The summed E-state index contributed by atoms with van der Waals surface area (Å²) in [5, 5.41) is 29.0. The second kappa shape index (κ2) is 9.42. The number of fused-ring (bicyclic) bond motifs is 6. The van der Waals surface area contributed by atoms with E-state index in [4.69, 9.17) is 9.84 Å². The van der Waals surface area contributed by atoms with Gasteiger partial charge in [0, 0.05) is 0 Å². The normalized spacial score (nSPS) is 19.9. The van der Waals surface area contributed by atoms with Gasteiger partial charge in [-0.1, -0.05) is 0 Å². The SMILES string of the molecule is [CH3][Ge]1([CH3])[c]2cc(N3CC(O)C3)ccc2C2(OC(=O)c3ccc(C(=O)CCC(=O)O)cc32)c2ccc(N3CC(O)C3)c[c]21. The molecule has 3 aromatic rings. The summed E-state index contributed by atoms with van der Waals surface area (Å²) < 4.78 is 8.75. The monoisotopic (exact) mass is 630 g/mol. The molecule has 0 radical (unpaired) electrons. The Bertz CT molecular complexity index is 1600. The summed E-state index contributed by atoms with van der Waals surface area (Å²) in [6, 6.07) is 17.4. The number of esters is 1. The second-order valence-electron chi connectivity index (χ2n) is 12.4. The third-order valence-electron chi connectivity index (χ3n) is 9.32. The van der Waals surface area contributed by atoms with E-state index in [1.54, 1.807) is 18.2 Å².